The molecule has 0 aromatic carbocycles. The number of hydrogen-bond donors (Lipinski definition) is 0. The lowest BCUT2D eigenvalue weighted by atomic mass is 10.3. The van der Waals surface area contributed by atoms with E-state index in [0.717, 1.165) is 0 Å². The van der Waals surface area contributed by atoms with E-state index in [1.807, 2.05) is 6.92 Å². The fourth-order valence-corrected chi connectivity index (χ4v) is 0.764. The Morgan fingerprint density at radius 1 is 1.80 bits per heavy atom. The number of carbonyl (C=O) groups is 1. The second kappa shape index (κ2) is 2.60. The van der Waals surface area contributed by atoms with Crippen molar-refractivity contribution in [1.82, 2.24) is 15.0 Å². The normalized spacial score (nSPS) is 9.80. The van der Waals surface area contributed by atoms with E-state index in [1.165, 1.54) is 13.1 Å². The first-order valence-electron chi connectivity index (χ1n) is 3.15. The SMILES string of the molecule is CCn1nncc1C(C)=O. The molecule has 0 spiro atoms. The van der Waals surface area contributed by atoms with Crippen molar-refractivity contribution in [3.8, 4) is 0 Å². The van der Waals surface area contributed by atoms with Crippen LogP contribution in [0.2, 0.25) is 0 Å². The second-order valence-electron chi connectivity index (χ2n) is 1.99. The second-order valence-corrected chi connectivity index (χ2v) is 1.99. The quantitative estimate of drug-likeness (QED) is 0.560. The lowest BCUT2D eigenvalue weighted by Crippen LogP contribution is -2.05. The molecule has 0 fully saturated rings. The van der Waals surface area contributed by atoms with Gasteiger partial charge in [0.2, 0.25) is 0 Å². The molecule has 10 heavy (non-hydrogen) atoms. The Kier molecular flexibility index (Phi) is 1.80. The van der Waals surface area contributed by atoms with Crippen LogP contribution in [0, 0.1) is 0 Å². The summed E-state index contributed by atoms with van der Waals surface area (Å²) >= 11 is 0. The maximum atomic E-state index is 10.8. The van der Waals surface area contributed by atoms with Gasteiger partial charge in [0.25, 0.3) is 0 Å². The van der Waals surface area contributed by atoms with Gasteiger partial charge in [-0.25, -0.2) is 4.68 Å². The summed E-state index contributed by atoms with van der Waals surface area (Å²) in [6, 6.07) is 0. The van der Waals surface area contributed by atoms with Gasteiger partial charge < -0.3 is 0 Å². The number of ketones is 1. The summed E-state index contributed by atoms with van der Waals surface area (Å²) in [5.74, 6) is 0.00634. The lowest BCUT2D eigenvalue weighted by molar-refractivity contribution is 0.100. The molecule has 4 heteroatoms. The van der Waals surface area contributed by atoms with Crippen LogP contribution in [0.15, 0.2) is 6.20 Å². The first-order chi connectivity index (χ1) is 4.75. The molecule has 0 atom stereocenters. The monoisotopic (exact) mass is 139 g/mol. The van der Waals surface area contributed by atoms with Crippen molar-refractivity contribution >= 4 is 5.78 Å². The Bertz CT molecular complexity index is 241. The third kappa shape index (κ3) is 1.05. The van der Waals surface area contributed by atoms with Crippen molar-refractivity contribution in [3.63, 3.8) is 0 Å². The van der Waals surface area contributed by atoms with Crippen LogP contribution in [-0.2, 0) is 6.54 Å². The molecule has 0 N–H and O–H groups in total. The highest BCUT2D eigenvalue weighted by Crippen LogP contribution is 1.95. The molecule has 4 nitrogen and oxygen atoms in total. The molecular weight excluding hydrogens is 130 g/mol. The molecule has 0 unspecified atom stereocenters. The first-order valence-corrected chi connectivity index (χ1v) is 3.15. The average Bonchev–Trinajstić information content (AvgIpc) is 2.33. The largest absolute Gasteiger partial charge is 0.293 e. The summed E-state index contributed by atoms with van der Waals surface area (Å²) in [6.07, 6.45) is 1.48. The predicted molar refractivity (Wildman–Crippen MR) is 35.7 cm³/mol. The van der Waals surface area contributed by atoms with Crippen molar-refractivity contribution in [2.45, 2.75) is 20.4 Å². The van der Waals surface area contributed by atoms with E-state index in [1.54, 1.807) is 4.68 Å². The van der Waals surface area contributed by atoms with E-state index in [-0.39, 0.29) is 5.78 Å². The third-order valence-corrected chi connectivity index (χ3v) is 1.28. The van der Waals surface area contributed by atoms with Crippen molar-refractivity contribution in [1.29, 1.82) is 0 Å². The van der Waals surface area contributed by atoms with Crippen LogP contribution >= 0.6 is 0 Å². The smallest absolute Gasteiger partial charge is 0.179 e. The molecule has 0 aliphatic heterocycles. The third-order valence-electron chi connectivity index (χ3n) is 1.28. The summed E-state index contributed by atoms with van der Waals surface area (Å²) in [5, 5.41) is 7.31. The number of aromatic nitrogens is 3. The highest BCUT2D eigenvalue weighted by molar-refractivity contribution is 5.91. The van der Waals surface area contributed by atoms with Gasteiger partial charge >= 0.3 is 0 Å². The molecule has 1 aromatic heterocycles. The summed E-state index contributed by atoms with van der Waals surface area (Å²) in [4.78, 5) is 10.8. The molecule has 0 bridgehead atoms. The van der Waals surface area contributed by atoms with E-state index in [2.05, 4.69) is 10.3 Å². The van der Waals surface area contributed by atoms with Gasteiger partial charge in [0.1, 0.15) is 5.69 Å². The molecule has 1 aromatic rings. The Morgan fingerprint density at radius 3 is 2.90 bits per heavy atom. The highest BCUT2D eigenvalue weighted by Gasteiger charge is 2.04. The van der Waals surface area contributed by atoms with Crippen LogP contribution < -0.4 is 0 Å². The van der Waals surface area contributed by atoms with Crippen molar-refractivity contribution in [3.05, 3.63) is 11.9 Å². The minimum Gasteiger partial charge on any atom is -0.293 e. The molecule has 0 radical (unpaired) electrons. The van der Waals surface area contributed by atoms with E-state index in [0.29, 0.717) is 12.2 Å². The fraction of sp³-hybridized carbons (Fsp3) is 0.500. The van der Waals surface area contributed by atoms with E-state index < -0.39 is 0 Å². The zero-order valence-corrected chi connectivity index (χ0v) is 6.03. The Morgan fingerprint density at radius 2 is 2.50 bits per heavy atom. The minimum absolute atomic E-state index is 0.00634. The molecule has 0 aliphatic rings. The molecule has 1 rings (SSSR count). The Hall–Kier alpha value is -1.19. The van der Waals surface area contributed by atoms with Crippen LogP contribution in [-0.4, -0.2) is 20.8 Å². The first kappa shape index (κ1) is 6.92. The van der Waals surface area contributed by atoms with Gasteiger partial charge in [-0.05, 0) is 6.92 Å². The predicted octanol–water partition coefficient (Wildman–Crippen LogP) is 0.501. The van der Waals surface area contributed by atoms with Crippen LogP contribution in [0.5, 0.6) is 0 Å². The summed E-state index contributed by atoms with van der Waals surface area (Å²) in [6.45, 7) is 4.11. The number of Topliss-reactive ketones (excluding diaryl/α,β-unsaturated/α-hetero) is 1. The Labute approximate surface area is 58.8 Å². The molecule has 1 heterocycles. The minimum atomic E-state index is 0.00634. The number of rotatable bonds is 2. The standard InChI is InChI=1S/C6H9N3O/c1-3-9-6(5(2)10)4-7-8-9/h4H,3H2,1-2H3. The van der Waals surface area contributed by atoms with E-state index in [4.69, 9.17) is 0 Å². The maximum Gasteiger partial charge on any atom is 0.179 e. The molecular formula is C6H9N3O. The molecule has 54 valence electrons. The van der Waals surface area contributed by atoms with Crippen LogP contribution in [0.25, 0.3) is 0 Å². The van der Waals surface area contributed by atoms with Gasteiger partial charge in [-0.15, -0.1) is 5.10 Å². The molecule has 0 aliphatic carbocycles. The van der Waals surface area contributed by atoms with Crippen molar-refractivity contribution in [2.24, 2.45) is 0 Å². The zero-order valence-electron chi connectivity index (χ0n) is 6.03. The lowest BCUT2D eigenvalue weighted by Gasteiger charge is -1.95. The Balaban J connectivity index is 3.01. The van der Waals surface area contributed by atoms with Crippen molar-refractivity contribution < 1.29 is 4.79 Å². The number of aryl methyl sites for hydroxylation is 1. The van der Waals surface area contributed by atoms with E-state index in [9.17, 15) is 4.79 Å². The number of hydrogen-bond acceptors (Lipinski definition) is 3. The van der Waals surface area contributed by atoms with Crippen LogP contribution in [0.3, 0.4) is 0 Å². The fourth-order valence-electron chi connectivity index (χ4n) is 0.764. The maximum absolute atomic E-state index is 10.8. The summed E-state index contributed by atoms with van der Waals surface area (Å²) in [7, 11) is 0. The number of nitrogens with zero attached hydrogens (tertiary/aromatic N) is 3. The van der Waals surface area contributed by atoms with Gasteiger partial charge in [0, 0.05) is 13.5 Å². The van der Waals surface area contributed by atoms with Crippen LogP contribution in [0.4, 0.5) is 0 Å². The molecule has 0 saturated carbocycles. The van der Waals surface area contributed by atoms with Gasteiger partial charge in [-0.1, -0.05) is 5.21 Å². The van der Waals surface area contributed by atoms with Crippen molar-refractivity contribution in [2.75, 3.05) is 0 Å². The van der Waals surface area contributed by atoms with Gasteiger partial charge in [-0.2, -0.15) is 0 Å². The summed E-state index contributed by atoms with van der Waals surface area (Å²) in [5.41, 5.74) is 0.572. The number of carbonyl (C=O) groups excluding carboxylic acids is 1. The molecule has 0 saturated heterocycles. The average molecular weight is 139 g/mol. The zero-order chi connectivity index (χ0) is 7.56. The van der Waals surface area contributed by atoms with Gasteiger partial charge in [0.15, 0.2) is 5.78 Å². The van der Waals surface area contributed by atoms with E-state index >= 15 is 0 Å². The topological polar surface area (TPSA) is 47.8 Å². The summed E-state index contributed by atoms with van der Waals surface area (Å²) < 4.78 is 1.57. The van der Waals surface area contributed by atoms with Gasteiger partial charge in [0.05, 0.1) is 6.20 Å². The highest BCUT2D eigenvalue weighted by atomic mass is 16.1. The van der Waals surface area contributed by atoms with Gasteiger partial charge in [-0.3, -0.25) is 4.79 Å². The molecule has 0 amide bonds. The van der Waals surface area contributed by atoms with Crippen LogP contribution in [0.1, 0.15) is 24.3 Å².